The number of carbonyl (C=O) groups excluding carboxylic acids is 2. The maximum atomic E-state index is 12.3. The Labute approximate surface area is 156 Å². The number of nitrogens with zero attached hydrogens (tertiary/aromatic N) is 2. The van der Waals surface area contributed by atoms with Crippen LogP contribution in [0.2, 0.25) is 0 Å². The average molecular weight is 361 g/mol. The van der Waals surface area contributed by atoms with Gasteiger partial charge in [0.25, 0.3) is 0 Å². The van der Waals surface area contributed by atoms with Gasteiger partial charge in [0.1, 0.15) is 0 Å². The predicted molar refractivity (Wildman–Crippen MR) is 104 cm³/mol. The first-order valence-electron chi connectivity index (χ1n) is 9.48. The number of hydrogen-bond donors (Lipinski definition) is 2. The minimum absolute atomic E-state index is 0.0330. The van der Waals surface area contributed by atoms with Crippen LogP contribution in [0.15, 0.2) is 30.3 Å². The summed E-state index contributed by atoms with van der Waals surface area (Å²) in [7, 11) is 3.38. The molecule has 2 rings (SSSR count). The number of urea groups is 1. The standard InChI is InChI=1S/C20H32N4O2/c1-16(19(25)21-11-12-22-20(26)23(2)3)24-13-9-18(10-14-24)15-17-7-5-4-6-8-17/h4-8,16,18H,9-15H2,1-3H3,(H,21,25)(H,22,26). The van der Waals surface area contributed by atoms with Gasteiger partial charge in [0, 0.05) is 27.2 Å². The molecule has 0 bridgehead atoms. The molecule has 1 aliphatic rings. The summed E-state index contributed by atoms with van der Waals surface area (Å²) in [6.45, 7) is 4.78. The number of hydrogen-bond acceptors (Lipinski definition) is 3. The highest BCUT2D eigenvalue weighted by molar-refractivity contribution is 5.81. The lowest BCUT2D eigenvalue weighted by molar-refractivity contribution is -0.126. The molecule has 0 aromatic heterocycles. The molecule has 1 fully saturated rings. The summed E-state index contributed by atoms with van der Waals surface area (Å²) < 4.78 is 0. The highest BCUT2D eigenvalue weighted by Crippen LogP contribution is 2.22. The Morgan fingerprint density at radius 3 is 2.35 bits per heavy atom. The fourth-order valence-corrected chi connectivity index (χ4v) is 3.32. The van der Waals surface area contributed by atoms with Crippen LogP contribution in [0.4, 0.5) is 4.79 Å². The predicted octanol–water partition coefficient (Wildman–Crippen LogP) is 1.72. The van der Waals surface area contributed by atoms with Crippen LogP contribution in [0.3, 0.4) is 0 Å². The Morgan fingerprint density at radius 1 is 1.12 bits per heavy atom. The first-order chi connectivity index (χ1) is 12.5. The Hall–Kier alpha value is -2.08. The molecular weight excluding hydrogens is 328 g/mol. The van der Waals surface area contributed by atoms with Crippen molar-refractivity contribution >= 4 is 11.9 Å². The molecule has 0 radical (unpaired) electrons. The van der Waals surface area contributed by atoms with Crippen LogP contribution in [0.25, 0.3) is 0 Å². The molecule has 1 saturated heterocycles. The van der Waals surface area contributed by atoms with E-state index in [4.69, 9.17) is 0 Å². The van der Waals surface area contributed by atoms with Crippen molar-refractivity contribution in [1.82, 2.24) is 20.4 Å². The highest BCUT2D eigenvalue weighted by atomic mass is 16.2. The second-order valence-corrected chi connectivity index (χ2v) is 7.26. The first-order valence-corrected chi connectivity index (χ1v) is 9.48. The molecule has 1 aromatic rings. The second-order valence-electron chi connectivity index (χ2n) is 7.26. The lowest BCUT2D eigenvalue weighted by Gasteiger charge is -2.35. The number of piperidine rings is 1. The number of nitrogens with one attached hydrogen (secondary N) is 2. The molecule has 1 aromatic carbocycles. The number of likely N-dealkylation sites (tertiary alicyclic amines) is 1. The number of rotatable bonds is 7. The van der Waals surface area contributed by atoms with Crippen molar-refractivity contribution in [3.05, 3.63) is 35.9 Å². The fraction of sp³-hybridized carbons (Fsp3) is 0.600. The summed E-state index contributed by atoms with van der Waals surface area (Å²) in [4.78, 5) is 27.5. The molecule has 2 N–H and O–H groups in total. The van der Waals surface area contributed by atoms with Crippen molar-refractivity contribution in [2.75, 3.05) is 40.3 Å². The summed E-state index contributed by atoms with van der Waals surface area (Å²) in [5.74, 6) is 0.732. The zero-order valence-corrected chi connectivity index (χ0v) is 16.2. The van der Waals surface area contributed by atoms with E-state index in [0.717, 1.165) is 32.4 Å². The zero-order chi connectivity index (χ0) is 18.9. The van der Waals surface area contributed by atoms with Crippen LogP contribution < -0.4 is 10.6 Å². The van der Waals surface area contributed by atoms with Gasteiger partial charge in [-0.3, -0.25) is 9.69 Å². The quantitative estimate of drug-likeness (QED) is 0.728. The molecule has 1 atom stereocenters. The minimum Gasteiger partial charge on any atom is -0.353 e. The molecule has 0 saturated carbocycles. The van der Waals surface area contributed by atoms with Crippen LogP contribution in [0, 0.1) is 5.92 Å². The van der Waals surface area contributed by atoms with E-state index in [2.05, 4.69) is 45.9 Å². The van der Waals surface area contributed by atoms with Crippen LogP contribution >= 0.6 is 0 Å². The zero-order valence-electron chi connectivity index (χ0n) is 16.2. The average Bonchev–Trinajstić information content (AvgIpc) is 2.65. The van der Waals surface area contributed by atoms with Gasteiger partial charge in [0.15, 0.2) is 0 Å². The molecular formula is C20H32N4O2. The van der Waals surface area contributed by atoms with Crippen molar-refractivity contribution in [3.63, 3.8) is 0 Å². The number of carbonyl (C=O) groups is 2. The van der Waals surface area contributed by atoms with E-state index in [1.165, 1.54) is 10.5 Å². The largest absolute Gasteiger partial charge is 0.353 e. The Kier molecular flexibility index (Phi) is 7.91. The summed E-state index contributed by atoms with van der Waals surface area (Å²) in [5.41, 5.74) is 1.40. The van der Waals surface area contributed by atoms with Gasteiger partial charge in [0.05, 0.1) is 6.04 Å². The van der Waals surface area contributed by atoms with Gasteiger partial charge < -0.3 is 15.5 Å². The van der Waals surface area contributed by atoms with E-state index in [-0.39, 0.29) is 18.0 Å². The van der Waals surface area contributed by atoms with E-state index in [0.29, 0.717) is 19.0 Å². The van der Waals surface area contributed by atoms with E-state index >= 15 is 0 Å². The Balaban J connectivity index is 1.66. The number of amides is 3. The molecule has 0 spiro atoms. The topological polar surface area (TPSA) is 64.7 Å². The molecule has 6 nitrogen and oxygen atoms in total. The molecule has 26 heavy (non-hydrogen) atoms. The lowest BCUT2D eigenvalue weighted by atomic mass is 9.89. The minimum atomic E-state index is -0.146. The van der Waals surface area contributed by atoms with E-state index in [9.17, 15) is 9.59 Å². The monoisotopic (exact) mass is 360 g/mol. The van der Waals surface area contributed by atoms with Crippen LogP contribution in [-0.2, 0) is 11.2 Å². The Morgan fingerprint density at radius 2 is 1.73 bits per heavy atom. The van der Waals surface area contributed by atoms with Gasteiger partial charge in [-0.1, -0.05) is 30.3 Å². The van der Waals surface area contributed by atoms with Gasteiger partial charge in [-0.2, -0.15) is 0 Å². The third-order valence-corrected chi connectivity index (χ3v) is 5.05. The molecule has 1 heterocycles. The third-order valence-electron chi connectivity index (χ3n) is 5.05. The number of benzene rings is 1. The summed E-state index contributed by atoms with van der Waals surface area (Å²) in [5, 5.41) is 5.65. The molecule has 1 unspecified atom stereocenters. The maximum absolute atomic E-state index is 12.3. The highest BCUT2D eigenvalue weighted by Gasteiger charge is 2.26. The third kappa shape index (κ3) is 6.33. The van der Waals surface area contributed by atoms with Gasteiger partial charge in [-0.25, -0.2) is 4.79 Å². The molecule has 6 heteroatoms. The van der Waals surface area contributed by atoms with Gasteiger partial charge in [0.2, 0.25) is 5.91 Å². The van der Waals surface area contributed by atoms with E-state index in [1.54, 1.807) is 14.1 Å². The van der Waals surface area contributed by atoms with Gasteiger partial charge in [-0.15, -0.1) is 0 Å². The normalized spacial score (nSPS) is 16.7. The molecule has 3 amide bonds. The maximum Gasteiger partial charge on any atom is 0.316 e. The summed E-state index contributed by atoms with van der Waals surface area (Å²) >= 11 is 0. The molecule has 1 aliphatic heterocycles. The van der Waals surface area contributed by atoms with Crippen LogP contribution in [-0.4, -0.2) is 68.1 Å². The van der Waals surface area contributed by atoms with Gasteiger partial charge >= 0.3 is 6.03 Å². The van der Waals surface area contributed by atoms with Crippen molar-refractivity contribution in [3.8, 4) is 0 Å². The SMILES string of the molecule is CC(C(=O)NCCNC(=O)N(C)C)N1CCC(Cc2ccccc2)CC1. The second kappa shape index (κ2) is 10.2. The molecule has 0 aliphatic carbocycles. The summed E-state index contributed by atoms with van der Waals surface area (Å²) in [6.07, 6.45) is 3.39. The van der Waals surface area contributed by atoms with Crippen LogP contribution in [0.5, 0.6) is 0 Å². The lowest BCUT2D eigenvalue weighted by Crippen LogP contribution is -2.49. The molecule has 144 valence electrons. The fourth-order valence-electron chi connectivity index (χ4n) is 3.32. The smallest absolute Gasteiger partial charge is 0.316 e. The van der Waals surface area contributed by atoms with Crippen molar-refractivity contribution < 1.29 is 9.59 Å². The van der Waals surface area contributed by atoms with Gasteiger partial charge in [-0.05, 0) is 50.8 Å². The van der Waals surface area contributed by atoms with E-state index in [1.807, 2.05) is 6.92 Å². The van der Waals surface area contributed by atoms with Crippen LogP contribution in [0.1, 0.15) is 25.3 Å². The van der Waals surface area contributed by atoms with Crippen molar-refractivity contribution in [2.45, 2.75) is 32.2 Å². The van der Waals surface area contributed by atoms with Crippen molar-refractivity contribution in [2.24, 2.45) is 5.92 Å². The first kappa shape index (κ1) is 20.2. The Bertz CT molecular complexity index is 568. The van der Waals surface area contributed by atoms with Crippen molar-refractivity contribution in [1.29, 1.82) is 0 Å². The van der Waals surface area contributed by atoms with E-state index < -0.39 is 0 Å². The summed E-state index contributed by atoms with van der Waals surface area (Å²) in [6, 6.07) is 10.4.